The number of hydrogen-bond acceptors (Lipinski definition) is 2. The highest BCUT2D eigenvalue weighted by Crippen LogP contribution is 2.43. The van der Waals surface area contributed by atoms with E-state index in [0.717, 1.165) is 41.3 Å². The first-order valence-electron chi connectivity index (χ1n) is 24.5. The fourth-order valence-electron chi connectivity index (χ4n) is 9.98. The molecule has 0 amide bonds. The average Bonchev–Trinajstić information content (AvgIpc) is 3.44. The smallest absolute Gasteiger partial charge is 0.0540 e. The van der Waals surface area contributed by atoms with E-state index in [9.17, 15) is 0 Å². The summed E-state index contributed by atoms with van der Waals surface area (Å²) >= 11 is 0. The van der Waals surface area contributed by atoms with Gasteiger partial charge < -0.3 is 9.80 Å². The summed E-state index contributed by atoms with van der Waals surface area (Å²) < 4.78 is 0. The van der Waals surface area contributed by atoms with Crippen LogP contribution in [0.25, 0.3) is 66.4 Å². The van der Waals surface area contributed by atoms with Crippen LogP contribution in [0, 0.1) is 0 Å². The van der Waals surface area contributed by atoms with Crippen molar-refractivity contribution in [1.82, 2.24) is 0 Å². The van der Waals surface area contributed by atoms with Crippen molar-refractivity contribution in [2.24, 2.45) is 0 Å². The van der Waals surface area contributed by atoms with Gasteiger partial charge in [-0.1, -0.05) is 214 Å². The van der Waals surface area contributed by atoms with Gasteiger partial charge in [-0.2, -0.15) is 0 Å². The highest BCUT2D eigenvalue weighted by Gasteiger charge is 2.20. The number of anilines is 6. The third-order valence-electron chi connectivity index (χ3n) is 13.7. The fraction of sp³-hybridized carbons (Fsp3) is 0.0588. The first-order chi connectivity index (χ1) is 34.6. The summed E-state index contributed by atoms with van der Waals surface area (Å²) in [4.78, 5) is 4.81. The van der Waals surface area contributed by atoms with Gasteiger partial charge in [0.2, 0.25) is 0 Å². The molecule has 70 heavy (non-hydrogen) atoms. The average molecular weight is 899 g/mol. The van der Waals surface area contributed by atoms with Crippen molar-refractivity contribution in [3.05, 3.63) is 278 Å². The standard InChI is InChI=1S/C68H54N2/c1-3-49-47-63(43-45-65(49)66-46-44-64(48-50(66)4-2)70(60-23-12-7-13-24-60)68-26-16-22-59-21-14-15-25-67(59)68)69(61-39-35-57(36-40-61)55-31-27-53(28-32-55)51-17-8-5-9-18-51)62-41-37-58(38-42-62)56-33-29-54(30-34-56)52-19-10-6-11-20-52/h5-48H,3-4H2,1-2H3. The van der Waals surface area contributed by atoms with Crippen molar-refractivity contribution in [2.45, 2.75) is 26.7 Å². The van der Waals surface area contributed by atoms with Gasteiger partial charge in [-0.3, -0.25) is 0 Å². The maximum Gasteiger partial charge on any atom is 0.0540 e. The lowest BCUT2D eigenvalue weighted by Crippen LogP contribution is -2.11. The first-order valence-corrected chi connectivity index (χ1v) is 24.5. The number of hydrogen-bond donors (Lipinski definition) is 0. The third kappa shape index (κ3) is 8.92. The van der Waals surface area contributed by atoms with Gasteiger partial charge in [-0.15, -0.1) is 0 Å². The molecule has 0 unspecified atom stereocenters. The molecular formula is C68H54N2. The van der Waals surface area contributed by atoms with Crippen molar-refractivity contribution < 1.29 is 0 Å². The third-order valence-corrected chi connectivity index (χ3v) is 13.7. The second-order valence-electron chi connectivity index (χ2n) is 17.9. The van der Waals surface area contributed by atoms with E-state index in [-0.39, 0.29) is 0 Å². The van der Waals surface area contributed by atoms with Crippen molar-refractivity contribution in [3.63, 3.8) is 0 Å². The van der Waals surface area contributed by atoms with Gasteiger partial charge in [-0.25, -0.2) is 0 Å². The van der Waals surface area contributed by atoms with E-state index < -0.39 is 0 Å². The number of nitrogens with zero attached hydrogens (tertiary/aromatic N) is 2. The molecule has 0 atom stereocenters. The minimum Gasteiger partial charge on any atom is -0.310 e. The van der Waals surface area contributed by atoms with Gasteiger partial charge in [0.05, 0.1) is 5.69 Å². The van der Waals surface area contributed by atoms with Crippen LogP contribution in [-0.2, 0) is 12.8 Å². The molecule has 2 nitrogen and oxygen atoms in total. The highest BCUT2D eigenvalue weighted by molar-refractivity contribution is 5.99. The molecule has 0 fully saturated rings. The summed E-state index contributed by atoms with van der Waals surface area (Å²) in [6.45, 7) is 4.55. The number of benzene rings is 11. The number of fused-ring (bicyclic) bond motifs is 1. The number of aryl methyl sites for hydroxylation is 2. The van der Waals surface area contributed by atoms with Gasteiger partial charge in [0.25, 0.3) is 0 Å². The summed E-state index contributed by atoms with van der Waals surface area (Å²) in [5.41, 5.74) is 21.6. The lowest BCUT2D eigenvalue weighted by molar-refractivity contribution is 1.11. The molecule has 0 saturated heterocycles. The zero-order valence-electron chi connectivity index (χ0n) is 39.7. The van der Waals surface area contributed by atoms with E-state index in [1.54, 1.807) is 0 Å². The summed E-state index contributed by atoms with van der Waals surface area (Å²) in [6, 6.07) is 97.1. The van der Waals surface area contributed by atoms with Crippen molar-refractivity contribution in [1.29, 1.82) is 0 Å². The Hall–Kier alpha value is -8.72. The van der Waals surface area contributed by atoms with Gasteiger partial charge in [0.1, 0.15) is 0 Å². The van der Waals surface area contributed by atoms with Crippen LogP contribution in [0.5, 0.6) is 0 Å². The molecule has 11 aromatic rings. The molecule has 336 valence electrons. The van der Waals surface area contributed by atoms with E-state index in [0.29, 0.717) is 0 Å². The molecule has 0 radical (unpaired) electrons. The molecule has 2 heteroatoms. The van der Waals surface area contributed by atoms with Crippen molar-refractivity contribution in [2.75, 3.05) is 9.80 Å². The molecule has 11 rings (SSSR count). The van der Waals surface area contributed by atoms with E-state index in [4.69, 9.17) is 0 Å². The predicted molar refractivity (Wildman–Crippen MR) is 299 cm³/mol. The number of para-hydroxylation sites is 1. The Morgan fingerprint density at radius 3 is 1.03 bits per heavy atom. The molecule has 0 spiro atoms. The van der Waals surface area contributed by atoms with E-state index in [2.05, 4.69) is 291 Å². The van der Waals surface area contributed by atoms with Gasteiger partial charge in [0, 0.05) is 33.8 Å². The largest absolute Gasteiger partial charge is 0.310 e. The molecule has 0 saturated carbocycles. The Bertz CT molecular complexity index is 3380. The van der Waals surface area contributed by atoms with Crippen LogP contribution < -0.4 is 9.80 Å². The van der Waals surface area contributed by atoms with E-state index >= 15 is 0 Å². The molecule has 0 aliphatic heterocycles. The SMILES string of the molecule is CCc1cc(N(c2ccc(-c3ccc(-c4ccccc4)cc3)cc2)c2ccc(-c3ccc(-c4ccccc4)cc3)cc2)ccc1-c1ccc(N(c2ccccc2)c2cccc3ccccc23)cc1CC. The second kappa shape index (κ2) is 19.9. The molecule has 0 heterocycles. The van der Waals surface area contributed by atoms with Crippen LogP contribution >= 0.6 is 0 Å². The zero-order chi connectivity index (χ0) is 47.2. The normalized spacial score (nSPS) is 11.1. The molecule has 0 bridgehead atoms. The van der Waals surface area contributed by atoms with Crippen LogP contribution in [0.15, 0.2) is 267 Å². The minimum absolute atomic E-state index is 0.893. The molecule has 0 aliphatic rings. The van der Waals surface area contributed by atoms with Crippen LogP contribution in [0.3, 0.4) is 0 Å². The Morgan fingerprint density at radius 2 is 0.586 bits per heavy atom. The van der Waals surface area contributed by atoms with Crippen molar-refractivity contribution >= 4 is 44.9 Å². The number of rotatable bonds is 13. The molecule has 0 N–H and O–H groups in total. The lowest BCUT2D eigenvalue weighted by atomic mass is 9.91. The van der Waals surface area contributed by atoms with Gasteiger partial charge >= 0.3 is 0 Å². The molecule has 0 aromatic heterocycles. The Labute approximate surface area is 413 Å². The highest BCUT2D eigenvalue weighted by atomic mass is 15.1. The van der Waals surface area contributed by atoms with Crippen LogP contribution in [0.1, 0.15) is 25.0 Å². The minimum atomic E-state index is 0.893. The van der Waals surface area contributed by atoms with Crippen LogP contribution in [0.2, 0.25) is 0 Å². The Balaban J connectivity index is 0.956. The Morgan fingerprint density at radius 1 is 0.257 bits per heavy atom. The molecule has 11 aromatic carbocycles. The van der Waals surface area contributed by atoms with E-state index in [1.807, 2.05) is 0 Å². The molecule has 0 aliphatic carbocycles. The van der Waals surface area contributed by atoms with Crippen LogP contribution in [-0.4, -0.2) is 0 Å². The lowest BCUT2D eigenvalue weighted by Gasteiger charge is -2.28. The quantitative estimate of drug-likeness (QED) is 0.114. The first kappa shape index (κ1) is 43.8. The summed E-state index contributed by atoms with van der Waals surface area (Å²) in [6.07, 6.45) is 1.80. The monoisotopic (exact) mass is 898 g/mol. The predicted octanol–water partition coefficient (Wildman–Crippen LogP) is 19.2. The maximum atomic E-state index is 2.41. The fourth-order valence-corrected chi connectivity index (χ4v) is 9.98. The second-order valence-corrected chi connectivity index (χ2v) is 17.9. The van der Waals surface area contributed by atoms with E-state index in [1.165, 1.54) is 83.2 Å². The van der Waals surface area contributed by atoms with Gasteiger partial charge in [-0.05, 0) is 152 Å². The van der Waals surface area contributed by atoms with Crippen molar-refractivity contribution in [3.8, 4) is 55.6 Å². The maximum absolute atomic E-state index is 2.41. The summed E-state index contributed by atoms with van der Waals surface area (Å²) in [5.74, 6) is 0. The summed E-state index contributed by atoms with van der Waals surface area (Å²) in [5, 5.41) is 2.45. The van der Waals surface area contributed by atoms with Crippen LogP contribution in [0.4, 0.5) is 34.1 Å². The topological polar surface area (TPSA) is 6.48 Å². The van der Waals surface area contributed by atoms with Gasteiger partial charge in [0.15, 0.2) is 0 Å². The Kier molecular flexibility index (Phi) is 12.4. The zero-order valence-corrected chi connectivity index (χ0v) is 39.7. The summed E-state index contributed by atoms with van der Waals surface area (Å²) in [7, 11) is 0. The molecular weight excluding hydrogens is 845 g/mol.